The van der Waals surface area contributed by atoms with Crippen molar-refractivity contribution < 1.29 is 0 Å². The fraction of sp³-hybridized carbons (Fsp3) is 1.00. The third-order valence-corrected chi connectivity index (χ3v) is 2.98. The van der Waals surface area contributed by atoms with E-state index in [1.807, 2.05) is 0 Å². The topological polar surface area (TPSA) is 15.0 Å². The first-order valence-electron chi connectivity index (χ1n) is 6.18. The van der Waals surface area contributed by atoms with Gasteiger partial charge in [-0.1, -0.05) is 13.8 Å². The Bertz CT molecular complexity index is 143. The Hall–Kier alpha value is -0.0800. The van der Waals surface area contributed by atoms with E-state index in [4.69, 9.17) is 0 Å². The average Bonchev–Trinajstić information content (AvgIpc) is 2.95. The molecule has 2 unspecified atom stereocenters. The van der Waals surface area contributed by atoms with Crippen molar-refractivity contribution in [2.75, 3.05) is 26.2 Å². The first-order chi connectivity index (χ1) is 6.72. The van der Waals surface area contributed by atoms with Crippen LogP contribution in [0.15, 0.2) is 0 Å². The van der Waals surface area contributed by atoms with Gasteiger partial charge in [0.1, 0.15) is 0 Å². The predicted molar refractivity (Wildman–Crippen MR) is 62.6 cm³/mol. The molecule has 14 heavy (non-hydrogen) atoms. The Kier molecular flexibility index (Phi) is 5.49. The van der Waals surface area contributed by atoms with Crippen LogP contribution in [0.1, 0.15) is 40.0 Å². The van der Waals surface area contributed by atoms with E-state index in [0.29, 0.717) is 6.04 Å². The Morgan fingerprint density at radius 2 is 2.00 bits per heavy atom. The maximum atomic E-state index is 3.55. The normalized spacial score (nSPS) is 20.8. The summed E-state index contributed by atoms with van der Waals surface area (Å²) in [6.07, 6.45) is 3.94. The lowest BCUT2D eigenvalue weighted by Crippen LogP contribution is -2.28. The van der Waals surface area contributed by atoms with Crippen LogP contribution in [0.3, 0.4) is 0 Å². The molecule has 1 aliphatic heterocycles. The molecule has 1 fully saturated rings. The van der Waals surface area contributed by atoms with E-state index < -0.39 is 0 Å². The molecule has 0 radical (unpaired) electrons. The van der Waals surface area contributed by atoms with E-state index in [-0.39, 0.29) is 0 Å². The van der Waals surface area contributed by atoms with Gasteiger partial charge in [0, 0.05) is 19.1 Å². The highest BCUT2D eigenvalue weighted by Gasteiger charge is 2.17. The number of hydrogen-bond donors (Lipinski definition) is 1. The van der Waals surface area contributed by atoms with Crippen LogP contribution >= 0.6 is 0 Å². The lowest BCUT2D eigenvalue weighted by molar-refractivity contribution is 0.375. The number of nitrogens with zero attached hydrogens (tertiary/aromatic N) is 1. The highest BCUT2D eigenvalue weighted by molar-refractivity contribution is 4.74. The molecule has 2 heteroatoms. The molecule has 1 heterocycles. The van der Waals surface area contributed by atoms with Crippen LogP contribution in [-0.4, -0.2) is 37.1 Å². The van der Waals surface area contributed by atoms with Crippen molar-refractivity contribution in [2.45, 2.75) is 46.1 Å². The molecule has 0 aromatic carbocycles. The minimum Gasteiger partial charge on any atom is -0.314 e. The van der Waals surface area contributed by atoms with Crippen molar-refractivity contribution in [2.24, 2.45) is 5.92 Å². The van der Waals surface area contributed by atoms with Gasteiger partial charge in [0.25, 0.3) is 0 Å². The van der Waals surface area contributed by atoms with Crippen molar-refractivity contribution in [1.82, 2.24) is 10.2 Å². The van der Waals surface area contributed by atoms with Gasteiger partial charge in [-0.15, -0.1) is 0 Å². The lowest BCUT2D eigenvalue weighted by Gasteiger charge is -2.18. The van der Waals surface area contributed by atoms with Crippen molar-refractivity contribution in [3.8, 4) is 0 Å². The van der Waals surface area contributed by atoms with Gasteiger partial charge >= 0.3 is 0 Å². The summed E-state index contributed by atoms with van der Waals surface area (Å²) in [5.74, 6) is 0.870. The molecule has 1 N–H and O–H groups in total. The first-order valence-corrected chi connectivity index (χ1v) is 6.18. The molecular formula is C12H26N2. The smallest absolute Gasteiger partial charge is 0.0110 e. The summed E-state index contributed by atoms with van der Waals surface area (Å²) < 4.78 is 0. The first kappa shape index (κ1) is 12.0. The van der Waals surface area contributed by atoms with Gasteiger partial charge in [-0.05, 0) is 45.2 Å². The summed E-state index contributed by atoms with van der Waals surface area (Å²) in [6, 6.07) is 0.694. The molecular weight excluding hydrogens is 172 g/mol. The van der Waals surface area contributed by atoms with E-state index in [2.05, 4.69) is 31.0 Å². The van der Waals surface area contributed by atoms with Crippen molar-refractivity contribution in [1.29, 1.82) is 0 Å². The molecule has 0 aromatic heterocycles. The van der Waals surface area contributed by atoms with Crippen LogP contribution in [-0.2, 0) is 0 Å². The van der Waals surface area contributed by atoms with Crippen LogP contribution in [0.5, 0.6) is 0 Å². The number of nitrogens with one attached hydrogen (secondary N) is 1. The second-order valence-corrected chi connectivity index (χ2v) is 4.83. The summed E-state index contributed by atoms with van der Waals surface area (Å²) in [6.45, 7) is 12.1. The van der Waals surface area contributed by atoms with Gasteiger partial charge in [-0.25, -0.2) is 0 Å². The number of hydrogen-bond acceptors (Lipinski definition) is 2. The van der Waals surface area contributed by atoms with E-state index in [0.717, 1.165) is 5.92 Å². The largest absolute Gasteiger partial charge is 0.314 e. The van der Waals surface area contributed by atoms with Gasteiger partial charge in [0.2, 0.25) is 0 Å². The monoisotopic (exact) mass is 198 g/mol. The molecule has 1 rings (SSSR count). The van der Waals surface area contributed by atoms with E-state index in [9.17, 15) is 0 Å². The molecule has 2 atom stereocenters. The zero-order valence-electron chi connectivity index (χ0n) is 10.1. The van der Waals surface area contributed by atoms with Gasteiger partial charge in [-0.3, -0.25) is 0 Å². The minimum atomic E-state index is 0.694. The Morgan fingerprint density at radius 3 is 2.57 bits per heavy atom. The second-order valence-electron chi connectivity index (χ2n) is 4.83. The molecule has 1 saturated heterocycles. The van der Waals surface area contributed by atoms with Crippen LogP contribution in [0.25, 0.3) is 0 Å². The van der Waals surface area contributed by atoms with E-state index in [1.54, 1.807) is 0 Å². The van der Waals surface area contributed by atoms with E-state index in [1.165, 1.54) is 45.4 Å². The maximum Gasteiger partial charge on any atom is 0.0110 e. The van der Waals surface area contributed by atoms with Gasteiger partial charge in [-0.2, -0.15) is 0 Å². The van der Waals surface area contributed by atoms with Crippen molar-refractivity contribution in [3.63, 3.8) is 0 Å². The van der Waals surface area contributed by atoms with Crippen molar-refractivity contribution in [3.05, 3.63) is 0 Å². The molecule has 2 nitrogen and oxygen atoms in total. The second kappa shape index (κ2) is 6.41. The molecule has 0 spiro atoms. The number of rotatable bonds is 8. The van der Waals surface area contributed by atoms with Crippen LogP contribution < -0.4 is 5.32 Å². The minimum absolute atomic E-state index is 0.694. The molecule has 84 valence electrons. The third kappa shape index (κ3) is 5.61. The predicted octanol–water partition coefficient (Wildman–Crippen LogP) is 2.11. The quantitative estimate of drug-likeness (QED) is 0.601. The highest BCUT2D eigenvalue weighted by atomic mass is 15.2. The third-order valence-electron chi connectivity index (χ3n) is 2.98. The summed E-state index contributed by atoms with van der Waals surface area (Å²) in [4.78, 5) is 2.51. The van der Waals surface area contributed by atoms with Crippen LogP contribution in [0.2, 0.25) is 0 Å². The molecule has 0 saturated carbocycles. The maximum absolute atomic E-state index is 3.55. The molecule has 0 aromatic rings. The Balaban J connectivity index is 1.96. The fourth-order valence-electron chi connectivity index (χ4n) is 1.89. The fourth-order valence-corrected chi connectivity index (χ4v) is 1.89. The molecule has 0 amide bonds. The van der Waals surface area contributed by atoms with Crippen molar-refractivity contribution >= 4 is 0 Å². The molecule has 0 bridgehead atoms. The van der Waals surface area contributed by atoms with Gasteiger partial charge in [0.05, 0.1) is 0 Å². The zero-order valence-corrected chi connectivity index (χ0v) is 10.1. The summed E-state index contributed by atoms with van der Waals surface area (Å²) in [5, 5.41) is 3.55. The standard InChI is InChI=1S/C12H26N2/c1-4-6-13-12(3)10-11(2)5-7-14-8-9-14/h11-13H,4-10H2,1-3H3. The zero-order chi connectivity index (χ0) is 10.4. The molecule has 1 aliphatic rings. The summed E-state index contributed by atoms with van der Waals surface area (Å²) >= 11 is 0. The Labute approximate surface area is 89.1 Å². The SMILES string of the molecule is CCCNC(C)CC(C)CCN1CC1. The summed E-state index contributed by atoms with van der Waals surface area (Å²) in [7, 11) is 0. The van der Waals surface area contributed by atoms with Crippen LogP contribution in [0, 0.1) is 5.92 Å². The molecule has 0 aliphatic carbocycles. The van der Waals surface area contributed by atoms with E-state index >= 15 is 0 Å². The average molecular weight is 198 g/mol. The van der Waals surface area contributed by atoms with Gasteiger partial charge in [0.15, 0.2) is 0 Å². The highest BCUT2D eigenvalue weighted by Crippen LogP contribution is 2.14. The Morgan fingerprint density at radius 1 is 1.29 bits per heavy atom. The summed E-state index contributed by atoms with van der Waals surface area (Å²) in [5.41, 5.74) is 0. The lowest BCUT2D eigenvalue weighted by atomic mass is 9.99. The van der Waals surface area contributed by atoms with Crippen LogP contribution in [0.4, 0.5) is 0 Å². The van der Waals surface area contributed by atoms with Gasteiger partial charge < -0.3 is 10.2 Å².